The van der Waals surface area contributed by atoms with Crippen molar-refractivity contribution in [3.8, 4) is 11.5 Å². The smallest absolute Gasteiger partial charge is 0.176 e. The second-order valence-electron chi connectivity index (χ2n) is 8.77. The minimum Gasteiger partial charge on any atom is -0.451 e. The lowest BCUT2D eigenvalue weighted by Crippen LogP contribution is -2.46. The largest absolute Gasteiger partial charge is 0.451 e. The molecule has 2 atom stereocenters. The van der Waals surface area contributed by atoms with Crippen molar-refractivity contribution in [1.29, 1.82) is 0 Å². The number of piperidine rings is 1. The third kappa shape index (κ3) is 4.27. The summed E-state index contributed by atoms with van der Waals surface area (Å²) in [5, 5.41) is 0. The van der Waals surface area contributed by atoms with Gasteiger partial charge in [0.15, 0.2) is 17.3 Å². The molecule has 2 aromatic rings. The van der Waals surface area contributed by atoms with E-state index in [4.69, 9.17) is 9.47 Å². The zero-order valence-electron chi connectivity index (χ0n) is 17.2. The fourth-order valence-corrected chi connectivity index (χ4v) is 5.58. The van der Waals surface area contributed by atoms with Crippen molar-refractivity contribution >= 4 is 43.4 Å². The van der Waals surface area contributed by atoms with Gasteiger partial charge < -0.3 is 19.3 Å². The SMILES string of the molecule is Cc1cc2c(cc1Br)Oc1cc(Br)cnc1N2CCCCN1CC2COCC(C2)C1. The summed E-state index contributed by atoms with van der Waals surface area (Å²) in [6.07, 6.45) is 5.51. The van der Waals surface area contributed by atoms with Gasteiger partial charge >= 0.3 is 0 Å². The maximum absolute atomic E-state index is 6.18. The maximum Gasteiger partial charge on any atom is 0.176 e. The van der Waals surface area contributed by atoms with Crippen LogP contribution in [0.5, 0.6) is 11.5 Å². The van der Waals surface area contributed by atoms with Crippen LogP contribution in [0.2, 0.25) is 0 Å². The number of aromatic nitrogens is 1. The summed E-state index contributed by atoms with van der Waals surface area (Å²) in [6, 6.07) is 6.26. The molecule has 0 spiro atoms. The Bertz CT molecular complexity index is 927. The Balaban J connectivity index is 1.27. The number of hydrogen-bond acceptors (Lipinski definition) is 5. The van der Waals surface area contributed by atoms with Crippen molar-refractivity contribution in [2.75, 3.05) is 44.3 Å². The van der Waals surface area contributed by atoms with Crippen molar-refractivity contribution in [2.45, 2.75) is 26.2 Å². The first-order valence-corrected chi connectivity index (χ1v) is 12.4. The van der Waals surface area contributed by atoms with E-state index in [1.165, 1.54) is 38.0 Å². The van der Waals surface area contributed by atoms with Gasteiger partial charge in [-0.25, -0.2) is 4.98 Å². The first kappa shape index (κ1) is 20.7. The number of ether oxygens (including phenoxy) is 2. The molecule has 2 fully saturated rings. The van der Waals surface area contributed by atoms with Crippen LogP contribution in [0.3, 0.4) is 0 Å². The van der Waals surface area contributed by atoms with Crippen LogP contribution in [0.4, 0.5) is 11.5 Å². The molecule has 2 unspecified atom stereocenters. The van der Waals surface area contributed by atoms with Gasteiger partial charge in [-0.3, -0.25) is 0 Å². The fraction of sp³-hybridized carbons (Fsp3) is 0.522. The van der Waals surface area contributed by atoms with Gasteiger partial charge in [-0.15, -0.1) is 0 Å². The number of aryl methyl sites for hydroxylation is 1. The Morgan fingerprint density at radius 3 is 2.60 bits per heavy atom. The summed E-state index contributed by atoms with van der Waals surface area (Å²) >= 11 is 7.16. The lowest BCUT2D eigenvalue weighted by atomic mass is 9.88. The number of unbranched alkanes of at least 4 members (excludes halogenated alkanes) is 1. The van der Waals surface area contributed by atoms with Crippen molar-refractivity contribution in [2.24, 2.45) is 11.8 Å². The van der Waals surface area contributed by atoms with Crippen LogP contribution in [-0.4, -0.2) is 49.3 Å². The Morgan fingerprint density at radius 1 is 1.03 bits per heavy atom. The Morgan fingerprint density at radius 2 is 1.80 bits per heavy atom. The van der Waals surface area contributed by atoms with E-state index in [9.17, 15) is 0 Å². The molecule has 3 aliphatic rings. The number of fused-ring (bicyclic) bond motifs is 4. The number of anilines is 2. The molecule has 0 saturated carbocycles. The molecule has 7 heteroatoms. The summed E-state index contributed by atoms with van der Waals surface area (Å²) < 4.78 is 13.9. The zero-order chi connectivity index (χ0) is 20.7. The van der Waals surface area contributed by atoms with Crippen LogP contribution in [0.1, 0.15) is 24.8 Å². The lowest BCUT2D eigenvalue weighted by molar-refractivity contribution is -0.0405. The van der Waals surface area contributed by atoms with E-state index >= 15 is 0 Å². The predicted octanol–water partition coefficient (Wildman–Crippen LogP) is 5.91. The predicted molar refractivity (Wildman–Crippen MR) is 126 cm³/mol. The molecule has 0 radical (unpaired) electrons. The van der Waals surface area contributed by atoms with Gasteiger partial charge in [-0.2, -0.15) is 0 Å². The number of pyridine rings is 1. The molecule has 1 aromatic carbocycles. The molecular formula is C23H27Br2N3O2. The van der Waals surface area contributed by atoms with Crippen LogP contribution in [0, 0.1) is 18.8 Å². The number of likely N-dealkylation sites (tertiary alicyclic amines) is 1. The standard InChI is InChI=1S/C23H27Br2N3O2/c1-15-6-20-21(9-19(15)25)30-22-8-18(24)10-26-23(22)28(20)5-3-2-4-27-11-16-7-17(12-27)14-29-13-16/h6,8-10,16-17H,2-5,7,11-14H2,1H3. The zero-order valence-corrected chi connectivity index (χ0v) is 20.4. The third-order valence-electron chi connectivity index (χ3n) is 6.32. The van der Waals surface area contributed by atoms with Gasteiger partial charge in [0.05, 0.1) is 18.9 Å². The Kier molecular flexibility index (Phi) is 6.06. The average molecular weight is 537 g/mol. The lowest BCUT2D eigenvalue weighted by Gasteiger charge is -2.41. The summed E-state index contributed by atoms with van der Waals surface area (Å²) in [7, 11) is 0. The van der Waals surface area contributed by atoms with Gasteiger partial charge in [0, 0.05) is 40.8 Å². The van der Waals surface area contributed by atoms with Crippen molar-refractivity contribution in [1.82, 2.24) is 9.88 Å². The maximum atomic E-state index is 6.18. The first-order valence-electron chi connectivity index (χ1n) is 10.8. The third-order valence-corrected chi connectivity index (χ3v) is 7.61. The molecule has 0 aliphatic carbocycles. The first-order chi connectivity index (χ1) is 14.6. The van der Waals surface area contributed by atoms with E-state index < -0.39 is 0 Å². The molecule has 30 heavy (non-hydrogen) atoms. The minimum absolute atomic E-state index is 0.736. The summed E-state index contributed by atoms with van der Waals surface area (Å²) in [5.74, 6) is 4.05. The number of benzene rings is 1. The van der Waals surface area contributed by atoms with Crippen LogP contribution in [0.15, 0.2) is 33.3 Å². The van der Waals surface area contributed by atoms with Crippen molar-refractivity contribution in [3.05, 3.63) is 38.9 Å². The Hall–Kier alpha value is -1.15. The topological polar surface area (TPSA) is 37.8 Å². The number of hydrogen-bond donors (Lipinski definition) is 0. The van der Waals surface area contributed by atoms with E-state index in [1.54, 1.807) is 0 Å². The molecule has 5 rings (SSSR count). The fourth-order valence-electron chi connectivity index (χ4n) is 4.95. The van der Waals surface area contributed by atoms with Crippen molar-refractivity contribution in [3.63, 3.8) is 0 Å². The molecule has 0 N–H and O–H groups in total. The average Bonchev–Trinajstić information content (AvgIpc) is 2.71. The minimum atomic E-state index is 0.736. The van der Waals surface area contributed by atoms with Gasteiger partial charge in [-0.05, 0) is 78.2 Å². The van der Waals surface area contributed by atoms with E-state index in [-0.39, 0.29) is 0 Å². The molecule has 5 nitrogen and oxygen atoms in total. The molecular weight excluding hydrogens is 510 g/mol. The van der Waals surface area contributed by atoms with E-state index in [2.05, 4.69) is 65.7 Å². The van der Waals surface area contributed by atoms with Crippen molar-refractivity contribution < 1.29 is 9.47 Å². The normalized spacial score (nSPS) is 23.0. The van der Waals surface area contributed by atoms with Crippen LogP contribution in [0.25, 0.3) is 0 Å². The number of nitrogens with zero attached hydrogens (tertiary/aromatic N) is 3. The van der Waals surface area contributed by atoms with E-state index in [1.807, 2.05) is 12.3 Å². The molecule has 2 bridgehead atoms. The van der Waals surface area contributed by atoms with E-state index in [0.717, 1.165) is 70.0 Å². The van der Waals surface area contributed by atoms with Crippen LogP contribution in [-0.2, 0) is 4.74 Å². The van der Waals surface area contributed by atoms with E-state index in [0.29, 0.717) is 0 Å². The highest BCUT2D eigenvalue weighted by atomic mass is 79.9. The second-order valence-corrected chi connectivity index (χ2v) is 10.5. The summed E-state index contributed by atoms with van der Waals surface area (Å²) in [5.41, 5.74) is 2.30. The molecule has 0 amide bonds. The monoisotopic (exact) mass is 535 g/mol. The highest BCUT2D eigenvalue weighted by molar-refractivity contribution is 9.10. The molecule has 1 aromatic heterocycles. The Labute approximate surface area is 195 Å². The molecule has 3 aliphatic heterocycles. The second kappa shape index (κ2) is 8.77. The number of rotatable bonds is 5. The highest BCUT2D eigenvalue weighted by Crippen LogP contribution is 2.48. The van der Waals surface area contributed by atoms with Gasteiger partial charge in [-0.1, -0.05) is 15.9 Å². The highest BCUT2D eigenvalue weighted by Gasteiger charge is 2.31. The summed E-state index contributed by atoms with van der Waals surface area (Å²) in [4.78, 5) is 9.65. The molecule has 4 heterocycles. The summed E-state index contributed by atoms with van der Waals surface area (Å²) in [6.45, 7) is 8.51. The van der Waals surface area contributed by atoms with Gasteiger partial charge in [0.1, 0.15) is 0 Å². The van der Waals surface area contributed by atoms with Gasteiger partial charge in [0.2, 0.25) is 0 Å². The van der Waals surface area contributed by atoms with Crippen LogP contribution < -0.4 is 9.64 Å². The molecule has 2 saturated heterocycles. The molecule has 160 valence electrons. The quantitative estimate of drug-likeness (QED) is 0.444. The van der Waals surface area contributed by atoms with Gasteiger partial charge in [0.25, 0.3) is 0 Å². The number of halogens is 2. The van der Waals surface area contributed by atoms with Crippen LogP contribution >= 0.6 is 31.9 Å².